The summed E-state index contributed by atoms with van der Waals surface area (Å²) in [6.07, 6.45) is 15.0. The van der Waals surface area contributed by atoms with Crippen LogP contribution in [0.15, 0.2) is 0 Å². The molecule has 38 heavy (non-hydrogen) atoms. The summed E-state index contributed by atoms with van der Waals surface area (Å²) in [6, 6.07) is 0. The third-order valence-corrected chi connectivity index (χ3v) is 8.84. The molecule has 1 aromatic carbocycles. The smallest absolute Gasteiger partial charge is 0.305 e. The molecule has 2 rings (SSSR count). The number of methoxy groups -OCH3 is 1. The fourth-order valence-corrected chi connectivity index (χ4v) is 5.97. The second kappa shape index (κ2) is 15.8. The van der Waals surface area contributed by atoms with Gasteiger partial charge >= 0.3 is 5.97 Å². The van der Waals surface area contributed by atoms with Gasteiger partial charge in [-0.15, -0.1) is 0 Å². The van der Waals surface area contributed by atoms with Crippen molar-refractivity contribution in [1.82, 2.24) is 0 Å². The molecule has 0 aromatic heterocycles. The molecule has 0 spiro atoms. The van der Waals surface area contributed by atoms with E-state index in [0.717, 1.165) is 54.1 Å². The van der Waals surface area contributed by atoms with Gasteiger partial charge in [-0.3, -0.25) is 4.79 Å². The van der Waals surface area contributed by atoms with Crippen molar-refractivity contribution < 1.29 is 19.0 Å². The van der Waals surface area contributed by atoms with Crippen LogP contribution in [0.4, 0.5) is 0 Å². The highest BCUT2D eigenvalue weighted by Crippen LogP contribution is 2.45. The SMILES string of the molecule is COC(=O)CCCOc1c(C)c(C)c2c(c1C)CC[C@@](C)(CCC[C@H](C)CCC[C@H](C)CCCC(C)C)O2. The maximum Gasteiger partial charge on any atom is 0.305 e. The van der Waals surface area contributed by atoms with Gasteiger partial charge in [0.25, 0.3) is 0 Å². The van der Waals surface area contributed by atoms with Crippen LogP contribution in [0.25, 0.3) is 0 Å². The van der Waals surface area contributed by atoms with Crippen LogP contribution >= 0.6 is 0 Å². The first-order valence-corrected chi connectivity index (χ1v) is 15.5. The van der Waals surface area contributed by atoms with Crippen molar-refractivity contribution in [3.63, 3.8) is 0 Å². The minimum atomic E-state index is -0.187. The number of fused-ring (bicyclic) bond motifs is 1. The summed E-state index contributed by atoms with van der Waals surface area (Å²) < 4.78 is 17.7. The van der Waals surface area contributed by atoms with E-state index in [1.807, 2.05) is 0 Å². The largest absolute Gasteiger partial charge is 0.493 e. The third-order valence-electron chi connectivity index (χ3n) is 8.84. The highest BCUT2D eigenvalue weighted by Gasteiger charge is 2.34. The number of rotatable bonds is 17. The molecule has 1 aliphatic rings. The van der Waals surface area contributed by atoms with Gasteiger partial charge < -0.3 is 14.2 Å². The summed E-state index contributed by atoms with van der Waals surface area (Å²) in [5, 5.41) is 0. The first-order valence-electron chi connectivity index (χ1n) is 15.5. The van der Waals surface area contributed by atoms with Crippen molar-refractivity contribution in [1.29, 1.82) is 0 Å². The van der Waals surface area contributed by atoms with E-state index in [-0.39, 0.29) is 11.6 Å². The molecule has 3 atom stereocenters. The molecule has 1 aliphatic heterocycles. The fourth-order valence-electron chi connectivity index (χ4n) is 5.97. The predicted molar refractivity (Wildman–Crippen MR) is 159 cm³/mol. The number of carbonyl (C=O) groups is 1. The lowest BCUT2D eigenvalue weighted by molar-refractivity contribution is -0.140. The number of carbonyl (C=O) groups excluding carboxylic acids is 1. The molecular weight excluding hydrogens is 472 g/mol. The van der Waals surface area contributed by atoms with Crippen LogP contribution in [0.5, 0.6) is 11.5 Å². The van der Waals surface area contributed by atoms with E-state index < -0.39 is 0 Å². The van der Waals surface area contributed by atoms with Crippen molar-refractivity contribution >= 4 is 5.97 Å². The monoisotopic (exact) mass is 530 g/mol. The molecule has 0 saturated carbocycles. The number of benzene rings is 1. The standard InChI is InChI=1S/C34H58O4/c1-24(2)14-10-15-25(3)16-11-17-26(4)18-12-21-34(8)22-20-30-29(7)32(27(5)28(6)33(30)38-34)37-23-13-19-31(35)36-9/h24-26H,10-23H2,1-9H3/t25-,26-,34-/m1/s1. The lowest BCUT2D eigenvalue weighted by atomic mass is 9.83. The summed E-state index contributed by atoms with van der Waals surface area (Å²) in [5.41, 5.74) is 4.73. The molecule has 0 radical (unpaired) electrons. The van der Waals surface area contributed by atoms with Gasteiger partial charge in [-0.25, -0.2) is 0 Å². The molecule has 0 bridgehead atoms. The molecule has 0 aliphatic carbocycles. The van der Waals surface area contributed by atoms with Crippen LogP contribution in [0, 0.1) is 38.5 Å². The third kappa shape index (κ3) is 10.1. The van der Waals surface area contributed by atoms with E-state index in [0.29, 0.717) is 19.4 Å². The lowest BCUT2D eigenvalue weighted by Crippen LogP contribution is -2.37. The van der Waals surface area contributed by atoms with E-state index in [4.69, 9.17) is 14.2 Å². The first kappa shape index (κ1) is 32.5. The molecule has 0 unspecified atom stereocenters. The minimum Gasteiger partial charge on any atom is -0.493 e. The minimum absolute atomic E-state index is 0.0931. The van der Waals surface area contributed by atoms with Gasteiger partial charge in [0, 0.05) is 12.0 Å². The van der Waals surface area contributed by atoms with Crippen LogP contribution < -0.4 is 9.47 Å². The number of hydrogen-bond donors (Lipinski definition) is 0. The van der Waals surface area contributed by atoms with Crippen LogP contribution in [0.2, 0.25) is 0 Å². The van der Waals surface area contributed by atoms with Crippen molar-refractivity contribution in [3.8, 4) is 11.5 Å². The molecule has 0 N–H and O–H groups in total. The van der Waals surface area contributed by atoms with Crippen LogP contribution in [-0.4, -0.2) is 25.3 Å². The topological polar surface area (TPSA) is 44.8 Å². The summed E-state index contributed by atoms with van der Waals surface area (Å²) in [6.45, 7) is 18.8. The molecule has 1 heterocycles. The molecule has 1 aromatic rings. The Kier molecular flexibility index (Phi) is 13.5. The van der Waals surface area contributed by atoms with Gasteiger partial charge in [0.15, 0.2) is 0 Å². The van der Waals surface area contributed by atoms with E-state index in [1.165, 1.54) is 75.2 Å². The maximum absolute atomic E-state index is 11.4. The molecule has 4 heteroatoms. The molecular formula is C34H58O4. The van der Waals surface area contributed by atoms with Gasteiger partial charge in [0.2, 0.25) is 0 Å². The highest BCUT2D eigenvalue weighted by atomic mass is 16.5. The summed E-state index contributed by atoms with van der Waals surface area (Å²) >= 11 is 0. The molecule has 4 nitrogen and oxygen atoms in total. The van der Waals surface area contributed by atoms with E-state index in [9.17, 15) is 4.79 Å². The summed E-state index contributed by atoms with van der Waals surface area (Å²) in [4.78, 5) is 11.4. The van der Waals surface area contributed by atoms with Crippen LogP contribution in [0.3, 0.4) is 0 Å². The number of ether oxygens (including phenoxy) is 3. The fraction of sp³-hybridized carbons (Fsp3) is 0.794. The second-order valence-electron chi connectivity index (χ2n) is 13.0. The second-order valence-corrected chi connectivity index (χ2v) is 13.0. The zero-order valence-electron chi connectivity index (χ0n) is 26.3. The van der Waals surface area contributed by atoms with Gasteiger partial charge in [0.1, 0.15) is 17.1 Å². The molecule has 0 amide bonds. The Balaban J connectivity index is 1.82. The highest BCUT2D eigenvalue weighted by molar-refractivity contribution is 5.69. The van der Waals surface area contributed by atoms with Crippen molar-refractivity contribution in [3.05, 3.63) is 22.3 Å². The Hall–Kier alpha value is -1.71. The van der Waals surface area contributed by atoms with Gasteiger partial charge in [-0.2, -0.15) is 0 Å². The van der Waals surface area contributed by atoms with Crippen LogP contribution in [-0.2, 0) is 16.0 Å². The zero-order valence-corrected chi connectivity index (χ0v) is 26.3. The summed E-state index contributed by atoms with van der Waals surface area (Å²) in [5.74, 6) is 4.35. The summed E-state index contributed by atoms with van der Waals surface area (Å²) in [7, 11) is 1.43. The van der Waals surface area contributed by atoms with Gasteiger partial charge in [-0.05, 0) is 94.2 Å². The quantitative estimate of drug-likeness (QED) is 0.149. The normalized spacial score (nSPS) is 18.6. The van der Waals surface area contributed by atoms with E-state index >= 15 is 0 Å². The van der Waals surface area contributed by atoms with Crippen molar-refractivity contribution in [2.75, 3.05) is 13.7 Å². The Bertz CT molecular complexity index is 874. The molecule has 0 fully saturated rings. The predicted octanol–water partition coefficient (Wildman–Crippen LogP) is 9.47. The molecule has 0 saturated heterocycles. The van der Waals surface area contributed by atoms with Gasteiger partial charge in [0.05, 0.1) is 13.7 Å². The van der Waals surface area contributed by atoms with Crippen molar-refractivity contribution in [2.45, 2.75) is 144 Å². The Morgan fingerprint density at radius 1 is 0.868 bits per heavy atom. The first-order chi connectivity index (χ1) is 18.0. The van der Waals surface area contributed by atoms with Gasteiger partial charge in [-0.1, -0.05) is 72.6 Å². The average Bonchev–Trinajstić information content (AvgIpc) is 2.86. The van der Waals surface area contributed by atoms with E-state index in [1.54, 1.807) is 0 Å². The Morgan fingerprint density at radius 3 is 2.08 bits per heavy atom. The average molecular weight is 531 g/mol. The number of esters is 1. The van der Waals surface area contributed by atoms with Crippen molar-refractivity contribution in [2.24, 2.45) is 17.8 Å². The van der Waals surface area contributed by atoms with E-state index in [2.05, 4.69) is 55.4 Å². The zero-order chi connectivity index (χ0) is 28.3. The lowest BCUT2D eigenvalue weighted by Gasteiger charge is -2.38. The van der Waals surface area contributed by atoms with Crippen LogP contribution in [0.1, 0.15) is 134 Å². The Labute approximate surface area is 234 Å². The molecule has 218 valence electrons. The number of hydrogen-bond acceptors (Lipinski definition) is 4. The maximum atomic E-state index is 11.4. The Morgan fingerprint density at radius 2 is 1.47 bits per heavy atom.